The molecular formula is C22H31N2O2+. The highest BCUT2D eigenvalue weighted by Crippen LogP contribution is 2.22. The Bertz CT molecular complexity index is 704. The zero-order valence-electron chi connectivity index (χ0n) is 16.4. The molecule has 0 radical (unpaired) electrons. The molecule has 0 aliphatic rings. The van der Waals surface area contributed by atoms with Crippen molar-refractivity contribution in [3.63, 3.8) is 0 Å². The lowest BCUT2D eigenvalue weighted by molar-refractivity contribution is -0.910. The maximum absolute atomic E-state index is 12.2. The van der Waals surface area contributed by atoms with Crippen LogP contribution in [0.1, 0.15) is 36.1 Å². The number of carbonyl (C=O) groups excluding carboxylic acids is 1. The Morgan fingerprint density at radius 1 is 0.962 bits per heavy atom. The van der Waals surface area contributed by atoms with Crippen molar-refractivity contribution >= 4 is 5.91 Å². The number of rotatable bonds is 9. The Morgan fingerprint density at radius 2 is 1.58 bits per heavy atom. The highest BCUT2D eigenvalue weighted by molar-refractivity contribution is 5.77. The van der Waals surface area contributed by atoms with Gasteiger partial charge in [0.15, 0.2) is 6.61 Å². The molecule has 2 aromatic rings. The van der Waals surface area contributed by atoms with Crippen LogP contribution in [0.25, 0.3) is 0 Å². The van der Waals surface area contributed by atoms with Crippen LogP contribution in [-0.4, -0.2) is 25.6 Å². The van der Waals surface area contributed by atoms with Gasteiger partial charge < -0.3 is 15.0 Å². The molecule has 140 valence electrons. The third-order valence-electron chi connectivity index (χ3n) is 4.79. The summed E-state index contributed by atoms with van der Waals surface area (Å²) in [4.78, 5) is 13.7. The van der Waals surface area contributed by atoms with Crippen LogP contribution in [0.4, 0.5) is 0 Å². The number of nitrogens with one attached hydrogen (secondary N) is 2. The Hall–Kier alpha value is -2.33. The predicted molar refractivity (Wildman–Crippen MR) is 105 cm³/mol. The van der Waals surface area contributed by atoms with Crippen LogP contribution >= 0.6 is 0 Å². The first-order valence-electron chi connectivity index (χ1n) is 9.41. The number of hydrogen-bond acceptors (Lipinski definition) is 2. The van der Waals surface area contributed by atoms with Crippen LogP contribution < -0.4 is 15.0 Å². The topological polar surface area (TPSA) is 42.8 Å². The molecule has 0 aromatic heterocycles. The summed E-state index contributed by atoms with van der Waals surface area (Å²) < 4.78 is 5.73. The summed E-state index contributed by atoms with van der Waals surface area (Å²) in [5, 5.41) is 2.98. The zero-order valence-corrected chi connectivity index (χ0v) is 16.4. The predicted octanol–water partition coefficient (Wildman–Crippen LogP) is 2.42. The van der Waals surface area contributed by atoms with E-state index in [1.54, 1.807) is 0 Å². The number of quaternary nitrogens is 1. The van der Waals surface area contributed by atoms with Crippen molar-refractivity contribution in [3.05, 3.63) is 64.7 Å². The van der Waals surface area contributed by atoms with E-state index in [1.165, 1.54) is 16.0 Å². The minimum absolute atomic E-state index is 0.0369. The third-order valence-corrected chi connectivity index (χ3v) is 4.79. The van der Waals surface area contributed by atoms with Gasteiger partial charge in [-0.05, 0) is 44.4 Å². The lowest BCUT2D eigenvalue weighted by Gasteiger charge is -2.18. The van der Waals surface area contributed by atoms with E-state index >= 15 is 0 Å². The summed E-state index contributed by atoms with van der Waals surface area (Å²) in [6.07, 6.45) is 0. The molecule has 4 heteroatoms. The fourth-order valence-electron chi connectivity index (χ4n) is 3.08. The molecule has 0 fully saturated rings. The number of benzene rings is 2. The van der Waals surface area contributed by atoms with Crippen molar-refractivity contribution in [1.82, 2.24) is 5.32 Å². The van der Waals surface area contributed by atoms with Gasteiger partial charge in [-0.15, -0.1) is 0 Å². The Balaban J connectivity index is 1.91. The number of carbonyl (C=O) groups is 1. The number of hydrogen-bond donors (Lipinski definition) is 2. The normalized spacial score (nSPS) is 10.8. The number of amides is 1. The zero-order chi connectivity index (χ0) is 18.9. The highest BCUT2D eigenvalue weighted by Gasteiger charge is 2.11. The standard InChI is InChI=1S/C22H30N2O2/c1-5-24(6-2)15-20-13-8-7-12-19(20)14-23-21(25)16-26-22-17(3)10-9-11-18(22)4/h7-13H,5-6,14-16H2,1-4H3,(H,23,25)/p+1. The molecule has 2 N–H and O–H groups in total. The van der Waals surface area contributed by atoms with Gasteiger partial charge in [0.1, 0.15) is 12.3 Å². The summed E-state index contributed by atoms with van der Waals surface area (Å²) in [7, 11) is 0. The van der Waals surface area contributed by atoms with Gasteiger partial charge in [0.25, 0.3) is 5.91 Å². The average molecular weight is 356 g/mol. The van der Waals surface area contributed by atoms with Crippen LogP contribution in [0.2, 0.25) is 0 Å². The fraction of sp³-hybridized carbons (Fsp3) is 0.409. The second-order valence-electron chi connectivity index (χ2n) is 6.69. The number of aryl methyl sites for hydroxylation is 2. The molecule has 26 heavy (non-hydrogen) atoms. The van der Waals surface area contributed by atoms with Crippen LogP contribution in [0.15, 0.2) is 42.5 Å². The highest BCUT2D eigenvalue weighted by atomic mass is 16.5. The van der Waals surface area contributed by atoms with Gasteiger partial charge in [-0.1, -0.05) is 42.5 Å². The molecule has 1 amide bonds. The van der Waals surface area contributed by atoms with E-state index < -0.39 is 0 Å². The Morgan fingerprint density at radius 3 is 2.19 bits per heavy atom. The lowest BCUT2D eigenvalue weighted by atomic mass is 10.1. The molecule has 0 heterocycles. The van der Waals surface area contributed by atoms with Gasteiger partial charge in [-0.25, -0.2) is 0 Å². The van der Waals surface area contributed by atoms with Crippen molar-refractivity contribution in [2.45, 2.75) is 40.8 Å². The molecule has 0 spiro atoms. The molecule has 0 aliphatic carbocycles. The van der Waals surface area contributed by atoms with Gasteiger partial charge in [-0.3, -0.25) is 4.79 Å². The summed E-state index contributed by atoms with van der Waals surface area (Å²) >= 11 is 0. The molecule has 2 aromatic carbocycles. The van der Waals surface area contributed by atoms with E-state index in [2.05, 4.69) is 37.4 Å². The van der Waals surface area contributed by atoms with E-state index in [-0.39, 0.29) is 12.5 Å². The molecule has 0 bridgehead atoms. The fourth-order valence-corrected chi connectivity index (χ4v) is 3.08. The average Bonchev–Trinajstić information content (AvgIpc) is 2.64. The maximum atomic E-state index is 12.2. The van der Waals surface area contributed by atoms with E-state index in [1.807, 2.05) is 38.1 Å². The molecule has 0 atom stereocenters. The first-order valence-corrected chi connectivity index (χ1v) is 9.41. The lowest BCUT2D eigenvalue weighted by Crippen LogP contribution is -3.10. The SMILES string of the molecule is CC[NH+](CC)Cc1ccccc1CNC(=O)COc1c(C)cccc1C. The summed E-state index contributed by atoms with van der Waals surface area (Å²) in [6, 6.07) is 14.3. The van der Waals surface area contributed by atoms with E-state index in [0.717, 1.165) is 36.5 Å². The van der Waals surface area contributed by atoms with Gasteiger partial charge >= 0.3 is 0 Å². The van der Waals surface area contributed by atoms with Crippen molar-refractivity contribution in [1.29, 1.82) is 0 Å². The molecule has 0 unspecified atom stereocenters. The van der Waals surface area contributed by atoms with E-state index in [9.17, 15) is 4.79 Å². The van der Waals surface area contributed by atoms with Crippen LogP contribution in [-0.2, 0) is 17.9 Å². The van der Waals surface area contributed by atoms with Crippen LogP contribution in [0, 0.1) is 13.8 Å². The summed E-state index contributed by atoms with van der Waals surface area (Å²) in [5.41, 5.74) is 4.56. The smallest absolute Gasteiger partial charge is 0.258 e. The third kappa shape index (κ3) is 5.60. The minimum atomic E-state index is -0.0994. The maximum Gasteiger partial charge on any atom is 0.258 e. The van der Waals surface area contributed by atoms with Gasteiger partial charge in [-0.2, -0.15) is 0 Å². The molecule has 4 nitrogen and oxygen atoms in total. The van der Waals surface area contributed by atoms with Gasteiger partial charge in [0, 0.05) is 12.1 Å². The molecule has 0 aliphatic heterocycles. The van der Waals surface area contributed by atoms with Crippen molar-refractivity contribution in [2.24, 2.45) is 0 Å². The first kappa shape index (κ1) is 20.0. The monoisotopic (exact) mass is 355 g/mol. The second-order valence-corrected chi connectivity index (χ2v) is 6.69. The second kappa shape index (κ2) is 9.97. The summed E-state index contributed by atoms with van der Waals surface area (Å²) in [5.74, 6) is 0.700. The first-order chi connectivity index (χ1) is 12.5. The number of ether oxygens (including phenoxy) is 1. The summed E-state index contributed by atoms with van der Waals surface area (Å²) in [6.45, 7) is 12.1. The largest absolute Gasteiger partial charge is 0.483 e. The molecule has 2 rings (SSSR count). The van der Waals surface area contributed by atoms with Crippen LogP contribution in [0.3, 0.4) is 0 Å². The Kier molecular flexibility index (Phi) is 7.67. The Labute approximate surface area is 157 Å². The van der Waals surface area contributed by atoms with Crippen molar-refractivity contribution in [2.75, 3.05) is 19.7 Å². The quantitative estimate of drug-likeness (QED) is 0.725. The van der Waals surface area contributed by atoms with E-state index in [0.29, 0.717) is 6.54 Å². The molecule has 0 saturated heterocycles. The molecular weight excluding hydrogens is 324 g/mol. The van der Waals surface area contributed by atoms with Crippen LogP contribution in [0.5, 0.6) is 5.75 Å². The van der Waals surface area contributed by atoms with Crippen molar-refractivity contribution < 1.29 is 14.4 Å². The molecule has 0 saturated carbocycles. The van der Waals surface area contributed by atoms with Gasteiger partial charge in [0.2, 0.25) is 0 Å². The van der Waals surface area contributed by atoms with Gasteiger partial charge in [0.05, 0.1) is 13.1 Å². The minimum Gasteiger partial charge on any atom is -0.483 e. The number of para-hydroxylation sites is 1. The van der Waals surface area contributed by atoms with E-state index in [4.69, 9.17) is 4.74 Å². The van der Waals surface area contributed by atoms with Crippen molar-refractivity contribution in [3.8, 4) is 5.75 Å².